The Morgan fingerprint density at radius 2 is 1.67 bits per heavy atom. The van der Waals surface area contributed by atoms with Crippen LogP contribution >= 0.6 is 0 Å². The molecule has 1 atom stereocenters. The fourth-order valence-corrected chi connectivity index (χ4v) is 4.14. The number of hydrogen-bond donors (Lipinski definition) is 1. The lowest BCUT2D eigenvalue weighted by Gasteiger charge is -2.17. The van der Waals surface area contributed by atoms with Gasteiger partial charge in [0.1, 0.15) is 0 Å². The quantitative estimate of drug-likeness (QED) is 0.899. The standard InChI is InChI=1S/C18H20N2O3S/c21-18(13-15-7-3-1-4-8-15)20-12-11-16(14-20)19-24(22,23)17-9-5-2-6-10-17/h1-10,16,19H,11-14H2. The van der Waals surface area contributed by atoms with Crippen LogP contribution in [-0.4, -0.2) is 38.4 Å². The Balaban J connectivity index is 1.58. The molecule has 1 N–H and O–H groups in total. The van der Waals surface area contributed by atoms with Crippen LogP contribution < -0.4 is 4.72 Å². The summed E-state index contributed by atoms with van der Waals surface area (Å²) in [7, 11) is -3.54. The fourth-order valence-electron chi connectivity index (χ4n) is 2.85. The summed E-state index contributed by atoms with van der Waals surface area (Å²) in [6.45, 7) is 0.991. The molecule has 0 aliphatic carbocycles. The molecule has 0 bridgehead atoms. The van der Waals surface area contributed by atoms with Gasteiger partial charge in [0.2, 0.25) is 15.9 Å². The minimum absolute atomic E-state index is 0.0302. The summed E-state index contributed by atoms with van der Waals surface area (Å²) in [5.74, 6) is 0.0302. The zero-order valence-electron chi connectivity index (χ0n) is 13.3. The Hall–Kier alpha value is -2.18. The molecule has 24 heavy (non-hydrogen) atoms. The van der Waals surface area contributed by atoms with Gasteiger partial charge in [-0.2, -0.15) is 0 Å². The van der Waals surface area contributed by atoms with Crippen molar-refractivity contribution >= 4 is 15.9 Å². The smallest absolute Gasteiger partial charge is 0.240 e. The van der Waals surface area contributed by atoms with Crippen LogP contribution in [0.1, 0.15) is 12.0 Å². The van der Waals surface area contributed by atoms with E-state index in [1.54, 1.807) is 35.2 Å². The first kappa shape index (κ1) is 16.7. The van der Waals surface area contributed by atoms with Crippen LogP contribution in [-0.2, 0) is 21.2 Å². The van der Waals surface area contributed by atoms with Crippen molar-refractivity contribution in [1.82, 2.24) is 9.62 Å². The molecule has 5 nitrogen and oxygen atoms in total. The van der Waals surface area contributed by atoms with Crippen molar-refractivity contribution in [2.45, 2.75) is 23.8 Å². The van der Waals surface area contributed by atoms with Gasteiger partial charge >= 0.3 is 0 Å². The Labute approximate surface area is 142 Å². The summed E-state index contributed by atoms with van der Waals surface area (Å²) >= 11 is 0. The first-order valence-electron chi connectivity index (χ1n) is 7.94. The number of rotatable bonds is 5. The molecule has 1 saturated heterocycles. The molecule has 2 aromatic rings. The molecule has 0 radical (unpaired) electrons. The first-order chi connectivity index (χ1) is 11.5. The second-order valence-corrected chi connectivity index (χ2v) is 7.64. The number of amides is 1. The molecule has 1 amide bonds. The number of nitrogens with one attached hydrogen (secondary N) is 1. The molecule has 0 spiro atoms. The predicted octanol–water partition coefficient (Wildman–Crippen LogP) is 1.81. The molecule has 3 rings (SSSR count). The fraction of sp³-hybridized carbons (Fsp3) is 0.278. The van der Waals surface area contributed by atoms with Gasteiger partial charge in [-0.15, -0.1) is 0 Å². The second-order valence-electron chi connectivity index (χ2n) is 5.92. The SMILES string of the molecule is O=C(Cc1ccccc1)N1CCC(NS(=O)(=O)c2ccccc2)C1. The topological polar surface area (TPSA) is 66.5 Å². The molecule has 6 heteroatoms. The van der Waals surface area contributed by atoms with E-state index < -0.39 is 10.0 Å². The van der Waals surface area contributed by atoms with Crippen molar-refractivity contribution in [3.8, 4) is 0 Å². The highest BCUT2D eigenvalue weighted by Crippen LogP contribution is 2.15. The monoisotopic (exact) mass is 344 g/mol. The molecule has 1 aliphatic rings. The average Bonchev–Trinajstić information content (AvgIpc) is 3.04. The van der Waals surface area contributed by atoms with Crippen molar-refractivity contribution in [1.29, 1.82) is 0 Å². The number of carbonyl (C=O) groups excluding carboxylic acids is 1. The minimum Gasteiger partial charge on any atom is -0.341 e. The van der Waals surface area contributed by atoms with Crippen molar-refractivity contribution in [3.63, 3.8) is 0 Å². The first-order valence-corrected chi connectivity index (χ1v) is 9.42. The van der Waals surface area contributed by atoms with Crippen LogP contribution in [0.15, 0.2) is 65.6 Å². The van der Waals surface area contributed by atoms with E-state index in [1.807, 2.05) is 30.3 Å². The summed E-state index contributed by atoms with van der Waals surface area (Å²) < 4.78 is 27.4. The van der Waals surface area contributed by atoms with Gasteiger partial charge in [-0.05, 0) is 24.1 Å². The lowest BCUT2D eigenvalue weighted by atomic mass is 10.1. The van der Waals surface area contributed by atoms with Crippen LogP contribution in [0.4, 0.5) is 0 Å². The third-order valence-electron chi connectivity index (χ3n) is 4.11. The van der Waals surface area contributed by atoms with Crippen molar-refractivity contribution in [2.24, 2.45) is 0 Å². The largest absolute Gasteiger partial charge is 0.341 e. The Morgan fingerprint density at radius 3 is 2.33 bits per heavy atom. The summed E-state index contributed by atoms with van der Waals surface area (Å²) in [6.07, 6.45) is 0.978. The van der Waals surface area contributed by atoms with E-state index in [2.05, 4.69) is 4.72 Å². The van der Waals surface area contributed by atoms with Gasteiger partial charge < -0.3 is 4.90 Å². The molecular weight excluding hydrogens is 324 g/mol. The molecule has 1 fully saturated rings. The maximum atomic E-state index is 12.3. The zero-order chi connectivity index (χ0) is 17.0. The Kier molecular flexibility index (Phi) is 4.97. The van der Waals surface area contributed by atoms with Crippen LogP contribution in [0.25, 0.3) is 0 Å². The van der Waals surface area contributed by atoms with Crippen molar-refractivity contribution in [3.05, 3.63) is 66.2 Å². The van der Waals surface area contributed by atoms with E-state index >= 15 is 0 Å². The van der Waals surface area contributed by atoms with E-state index in [-0.39, 0.29) is 16.8 Å². The van der Waals surface area contributed by atoms with Crippen LogP contribution in [0.2, 0.25) is 0 Å². The van der Waals surface area contributed by atoms with Gasteiger partial charge in [-0.3, -0.25) is 4.79 Å². The van der Waals surface area contributed by atoms with Gasteiger partial charge in [0.15, 0.2) is 0 Å². The Morgan fingerprint density at radius 1 is 1.04 bits per heavy atom. The number of carbonyl (C=O) groups is 1. The number of nitrogens with zero attached hydrogens (tertiary/aromatic N) is 1. The highest BCUT2D eigenvalue weighted by atomic mass is 32.2. The number of benzene rings is 2. The van der Waals surface area contributed by atoms with Crippen LogP contribution in [0, 0.1) is 0 Å². The highest BCUT2D eigenvalue weighted by Gasteiger charge is 2.29. The maximum Gasteiger partial charge on any atom is 0.240 e. The summed E-state index contributed by atoms with van der Waals surface area (Å²) in [5.41, 5.74) is 0.968. The number of hydrogen-bond acceptors (Lipinski definition) is 3. The van der Waals surface area contributed by atoms with E-state index in [0.29, 0.717) is 25.9 Å². The molecule has 126 valence electrons. The highest BCUT2D eigenvalue weighted by molar-refractivity contribution is 7.89. The van der Waals surface area contributed by atoms with Gasteiger partial charge in [-0.25, -0.2) is 13.1 Å². The predicted molar refractivity (Wildman–Crippen MR) is 91.9 cm³/mol. The van der Waals surface area contributed by atoms with Crippen molar-refractivity contribution < 1.29 is 13.2 Å². The van der Waals surface area contributed by atoms with Crippen LogP contribution in [0.3, 0.4) is 0 Å². The number of sulfonamides is 1. The van der Waals surface area contributed by atoms with Gasteiger partial charge in [0.25, 0.3) is 0 Å². The third-order valence-corrected chi connectivity index (χ3v) is 5.65. The molecular formula is C18H20N2O3S. The Bertz CT molecular complexity index is 792. The molecule has 1 aliphatic heterocycles. The van der Waals surface area contributed by atoms with Crippen LogP contribution in [0.5, 0.6) is 0 Å². The zero-order valence-corrected chi connectivity index (χ0v) is 14.1. The molecule has 1 heterocycles. The minimum atomic E-state index is -3.54. The van der Waals surface area contributed by atoms with Gasteiger partial charge in [0.05, 0.1) is 11.3 Å². The average molecular weight is 344 g/mol. The van der Waals surface area contributed by atoms with Gasteiger partial charge in [0, 0.05) is 19.1 Å². The molecule has 2 aromatic carbocycles. The third kappa shape index (κ3) is 4.01. The lowest BCUT2D eigenvalue weighted by molar-refractivity contribution is -0.129. The molecule has 0 saturated carbocycles. The number of likely N-dealkylation sites (tertiary alicyclic amines) is 1. The van der Waals surface area contributed by atoms with Crippen molar-refractivity contribution in [2.75, 3.05) is 13.1 Å². The second kappa shape index (κ2) is 7.15. The maximum absolute atomic E-state index is 12.3. The summed E-state index contributed by atoms with van der Waals surface area (Å²) in [4.78, 5) is 14.3. The van der Waals surface area contributed by atoms with E-state index in [9.17, 15) is 13.2 Å². The van der Waals surface area contributed by atoms with E-state index in [4.69, 9.17) is 0 Å². The summed E-state index contributed by atoms with van der Waals surface area (Å²) in [5, 5.41) is 0. The van der Waals surface area contributed by atoms with Gasteiger partial charge in [-0.1, -0.05) is 48.5 Å². The van der Waals surface area contributed by atoms with E-state index in [1.165, 1.54) is 0 Å². The molecule has 0 aromatic heterocycles. The summed E-state index contributed by atoms with van der Waals surface area (Å²) in [6, 6.07) is 17.6. The lowest BCUT2D eigenvalue weighted by Crippen LogP contribution is -2.38. The van der Waals surface area contributed by atoms with E-state index in [0.717, 1.165) is 5.56 Å². The molecule has 1 unspecified atom stereocenters. The normalized spacial score (nSPS) is 17.8.